The lowest BCUT2D eigenvalue weighted by molar-refractivity contribution is -0.132. The minimum absolute atomic E-state index is 0.00387. The molecule has 1 saturated heterocycles. The Bertz CT molecular complexity index is 240. The summed E-state index contributed by atoms with van der Waals surface area (Å²) in [6, 6.07) is 0. The van der Waals surface area contributed by atoms with E-state index in [9.17, 15) is 4.79 Å². The van der Waals surface area contributed by atoms with Crippen molar-refractivity contribution >= 4 is 21.8 Å². The van der Waals surface area contributed by atoms with Crippen LogP contribution in [0.3, 0.4) is 0 Å². The summed E-state index contributed by atoms with van der Waals surface area (Å²) in [5, 5.41) is 0. The summed E-state index contributed by atoms with van der Waals surface area (Å²) in [5.74, 6) is 0.250. The lowest BCUT2D eigenvalue weighted by atomic mass is 10.2. The SMILES string of the molecule is CCC(Br)C(=O)N1CCN(CCN(C)C)CC1. The van der Waals surface area contributed by atoms with Gasteiger partial charge in [-0.05, 0) is 20.5 Å². The van der Waals surface area contributed by atoms with Gasteiger partial charge in [-0.3, -0.25) is 9.69 Å². The number of hydrogen-bond donors (Lipinski definition) is 0. The third-order valence-electron chi connectivity index (χ3n) is 3.17. The van der Waals surface area contributed by atoms with Crippen LogP contribution in [0, 0.1) is 0 Å². The van der Waals surface area contributed by atoms with Crippen LogP contribution in [-0.4, -0.2) is 78.8 Å². The maximum atomic E-state index is 12.0. The molecule has 4 nitrogen and oxygen atoms in total. The maximum absolute atomic E-state index is 12.0. The quantitative estimate of drug-likeness (QED) is 0.705. The summed E-state index contributed by atoms with van der Waals surface area (Å²) in [4.78, 5) is 18.6. The third-order valence-corrected chi connectivity index (χ3v) is 4.21. The molecule has 1 fully saturated rings. The Hall–Kier alpha value is -0.130. The van der Waals surface area contributed by atoms with Crippen LogP contribution in [0.1, 0.15) is 13.3 Å². The van der Waals surface area contributed by atoms with Crippen LogP contribution in [-0.2, 0) is 4.79 Å². The van der Waals surface area contributed by atoms with Crippen LogP contribution in [0.4, 0.5) is 0 Å². The molecule has 1 heterocycles. The average Bonchev–Trinajstić information content (AvgIpc) is 2.35. The van der Waals surface area contributed by atoms with Crippen molar-refractivity contribution in [3.63, 3.8) is 0 Å². The molecule has 1 atom stereocenters. The van der Waals surface area contributed by atoms with E-state index in [1.54, 1.807) is 0 Å². The van der Waals surface area contributed by atoms with Gasteiger partial charge in [0.25, 0.3) is 0 Å². The predicted octanol–water partition coefficient (Wildman–Crippen LogP) is 0.866. The van der Waals surface area contributed by atoms with E-state index in [0.717, 1.165) is 45.7 Å². The van der Waals surface area contributed by atoms with Crippen molar-refractivity contribution < 1.29 is 4.79 Å². The van der Waals surface area contributed by atoms with Crippen molar-refractivity contribution in [1.82, 2.24) is 14.7 Å². The van der Waals surface area contributed by atoms with Gasteiger partial charge in [0.2, 0.25) is 5.91 Å². The van der Waals surface area contributed by atoms with Gasteiger partial charge in [0.05, 0.1) is 4.83 Å². The van der Waals surface area contributed by atoms with Crippen LogP contribution >= 0.6 is 15.9 Å². The van der Waals surface area contributed by atoms with Crippen molar-refractivity contribution in [2.75, 3.05) is 53.4 Å². The highest BCUT2D eigenvalue weighted by Gasteiger charge is 2.24. The largest absolute Gasteiger partial charge is 0.339 e. The fourth-order valence-corrected chi connectivity index (χ4v) is 2.20. The zero-order chi connectivity index (χ0) is 12.8. The van der Waals surface area contributed by atoms with Crippen molar-refractivity contribution in [3.8, 4) is 0 Å². The molecule has 1 unspecified atom stereocenters. The fraction of sp³-hybridized carbons (Fsp3) is 0.917. The molecular weight excluding hydrogens is 282 g/mol. The zero-order valence-corrected chi connectivity index (χ0v) is 12.7. The van der Waals surface area contributed by atoms with Crippen LogP contribution in [0.2, 0.25) is 0 Å². The first-order chi connectivity index (χ1) is 8.04. The molecule has 0 saturated carbocycles. The van der Waals surface area contributed by atoms with Gasteiger partial charge >= 0.3 is 0 Å². The molecule has 0 N–H and O–H groups in total. The number of nitrogens with zero attached hydrogens (tertiary/aromatic N) is 3. The van der Waals surface area contributed by atoms with Crippen LogP contribution in [0.25, 0.3) is 0 Å². The molecule has 100 valence electrons. The molecule has 0 radical (unpaired) electrons. The molecule has 0 spiro atoms. The second-order valence-electron chi connectivity index (χ2n) is 4.85. The Kier molecular flexibility index (Phi) is 6.44. The first-order valence-electron chi connectivity index (χ1n) is 6.34. The van der Waals surface area contributed by atoms with Gasteiger partial charge < -0.3 is 9.80 Å². The maximum Gasteiger partial charge on any atom is 0.236 e. The van der Waals surface area contributed by atoms with Crippen molar-refractivity contribution in [2.45, 2.75) is 18.2 Å². The van der Waals surface area contributed by atoms with Gasteiger partial charge in [-0.25, -0.2) is 0 Å². The number of rotatable bonds is 5. The first kappa shape index (κ1) is 14.9. The molecule has 1 rings (SSSR count). The number of carbonyl (C=O) groups is 1. The summed E-state index contributed by atoms with van der Waals surface area (Å²) < 4.78 is 0. The lowest BCUT2D eigenvalue weighted by Gasteiger charge is -2.36. The van der Waals surface area contributed by atoms with E-state index in [2.05, 4.69) is 39.8 Å². The van der Waals surface area contributed by atoms with E-state index in [1.807, 2.05) is 11.8 Å². The highest BCUT2D eigenvalue weighted by molar-refractivity contribution is 9.10. The average molecular weight is 306 g/mol. The van der Waals surface area contributed by atoms with Crippen molar-refractivity contribution in [1.29, 1.82) is 0 Å². The Morgan fingerprint density at radius 1 is 1.29 bits per heavy atom. The molecule has 1 aliphatic heterocycles. The lowest BCUT2D eigenvalue weighted by Crippen LogP contribution is -2.51. The molecule has 0 aromatic heterocycles. The van der Waals surface area contributed by atoms with Gasteiger partial charge in [0.1, 0.15) is 0 Å². The van der Waals surface area contributed by atoms with Gasteiger partial charge in [0, 0.05) is 39.3 Å². The van der Waals surface area contributed by atoms with E-state index in [1.165, 1.54) is 0 Å². The Morgan fingerprint density at radius 3 is 2.35 bits per heavy atom. The minimum atomic E-state index is -0.00387. The predicted molar refractivity (Wildman–Crippen MR) is 74.6 cm³/mol. The number of hydrogen-bond acceptors (Lipinski definition) is 3. The number of amides is 1. The topological polar surface area (TPSA) is 26.8 Å². The summed E-state index contributed by atoms with van der Waals surface area (Å²) >= 11 is 3.43. The van der Waals surface area contributed by atoms with Crippen LogP contribution < -0.4 is 0 Å². The zero-order valence-electron chi connectivity index (χ0n) is 11.2. The molecule has 0 aliphatic carbocycles. The summed E-state index contributed by atoms with van der Waals surface area (Å²) in [5.41, 5.74) is 0. The third kappa shape index (κ3) is 4.94. The molecular formula is C12H24BrN3O. The molecule has 0 aromatic carbocycles. The molecule has 1 aliphatic rings. The monoisotopic (exact) mass is 305 g/mol. The normalized spacial score (nSPS) is 19.7. The molecule has 17 heavy (non-hydrogen) atoms. The smallest absolute Gasteiger partial charge is 0.236 e. The van der Waals surface area contributed by atoms with Crippen molar-refractivity contribution in [2.24, 2.45) is 0 Å². The number of piperazine rings is 1. The highest BCUT2D eigenvalue weighted by Crippen LogP contribution is 2.11. The Balaban J connectivity index is 2.28. The van der Waals surface area contributed by atoms with E-state index < -0.39 is 0 Å². The first-order valence-corrected chi connectivity index (χ1v) is 7.26. The van der Waals surface area contributed by atoms with E-state index in [4.69, 9.17) is 0 Å². The van der Waals surface area contributed by atoms with Gasteiger partial charge in [-0.1, -0.05) is 22.9 Å². The second-order valence-corrected chi connectivity index (χ2v) is 5.95. The van der Waals surface area contributed by atoms with Crippen molar-refractivity contribution in [3.05, 3.63) is 0 Å². The molecule has 1 amide bonds. The molecule has 0 bridgehead atoms. The number of alkyl halides is 1. The Labute approximate surface area is 113 Å². The summed E-state index contributed by atoms with van der Waals surface area (Å²) in [6.45, 7) is 7.96. The molecule has 5 heteroatoms. The minimum Gasteiger partial charge on any atom is -0.339 e. The fourth-order valence-electron chi connectivity index (χ4n) is 1.91. The second kappa shape index (κ2) is 7.34. The Morgan fingerprint density at radius 2 is 1.88 bits per heavy atom. The van der Waals surface area contributed by atoms with Crippen LogP contribution in [0.15, 0.2) is 0 Å². The number of halogens is 1. The van der Waals surface area contributed by atoms with Gasteiger partial charge in [0.15, 0.2) is 0 Å². The van der Waals surface area contributed by atoms with Crippen LogP contribution in [0.5, 0.6) is 0 Å². The summed E-state index contributed by atoms with van der Waals surface area (Å²) in [7, 11) is 4.19. The van der Waals surface area contributed by atoms with Gasteiger partial charge in [-0.15, -0.1) is 0 Å². The molecule has 0 aromatic rings. The standard InChI is InChI=1S/C12H24BrN3O/c1-4-11(13)12(17)16-9-7-15(8-10-16)6-5-14(2)3/h11H,4-10H2,1-3H3. The van der Waals surface area contributed by atoms with Gasteiger partial charge in [-0.2, -0.15) is 0 Å². The van der Waals surface area contributed by atoms with E-state index in [-0.39, 0.29) is 10.7 Å². The van der Waals surface area contributed by atoms with E-state index >= 15 is 0 Å². The highest BCUT2D eigenvalue weighted by atomic mass is 79.9. The number of likely N-dealkylation sites (N-methyl/N-ethyl adjacent to an activating group) is 1. The van der Waals surface area contributed by atoms with E-state index in [0.29, 0.717) is 0 Å². The summed E-state index contributed by atoms with van der Waals surface area (Å²) in [6.07, 6.45) is 0.861. The number of carbonyl (C=O) groups excluding carboxylic acids is 1.